The Bertz CT molecular complexity index is 1210. The largest absolute Gasteiger partial charge is 0.481 e. The van der Waals surface area contributed by atoms with E-state index in [0.29, 0.717) is 34.6 Å². The van der Waals surface area contributed by atoms with Crippen LogP contribution in [0.5, 0.6) is 23.0 Å². The van der Waals surface area contributed by atoms with Gasteiger partial charge in [-0.25, -0.2) is 0 Å². The van der Waals surface area contributed by atoms with Crippen LogP contribution in [0.25, 0.3) is 0 Å². The number of ether oxygens (including phenoxy) is 2. The molecule has 3 aromatic rings. The van der Waals surface area contributed by atoms with Crippen molar-refractivity contribution in [2.75, 3.05) is 0 Å². The summed E-state index contributed by atoms with van der Waals surface area (Å²) >= 11 is 6.27. The standard InChI is InChI=1S/C27H26ClNO6.C2H6/c28-20-9-12-26(25(14-20)19-4-2-1-3-5-19)35-24-16-21(29(32)33)15-23(17-24)34-22-10-6-18(7-11-22)8-13-27(30)31;1-2/h6-7,9-12,14-17,19H,1-5,8,13H2,(H,30,31);1-2H3. The normalized spacial score (nSPS) is 13.3. The third-order valence-electron chi connectivity index (χ3n) is 6.11. The molecule has 0 aliphatic heterocycles. The van der Waals surface area contributed by atoms with Crippen molar-refractivity contribution in [3.8, 4) is 23.0 Å². The van der Waals surface area contributed by atoms with Crippen LogP contribution in [0, 0.1) is 10.1 Å². The number of carbonyl (C=O) groups is 1. The number of carboxylic acids is 1. The molecule has 0 spiro atoms. The summed E-state index contributed by atoms with van der Waals surface area (Å²) in [6, 6.07) is 16.8. The van der Waals surface area contributed by atoms with E-state index in [1.54, 1.807) is 36.4 Å². The first-order valence-electron chi connectivity index (χ1n) is 12.6. The number of nitrogens with zero attached hydrogens (tertiary/aromatic N) is 1. The van der Waals surface area contributed by atoms with Gasteiger partial charge in [0, 0.05) is 17.5 Å². The number of nitro groups is 1. The van der Waals surface area contributed by atoms with Crippen molar-refractivity contribution in [3.05, 3.63) is 86.9 Å². The predicted molar refractivity (Wildman–Crippen MR) is 144 cm³/mol. The first kappa shape index (κ1) is 28.0. The topological polar surface area (TPSA) is 98.9 Å². The second-order valence-corrected chi connectivity index (χ2v) is 9.12. The summed E-state index contributed by atoms with van der Waals surface area (Å²) in [5.41, 5.74) is 1.73. The van der Waals surface area contributed by atoms with Gasteiger partial charge >= 0.3 is 5.97 Å². The number of rotatable bonds is 9. The lowest BCUT2D eigenvalue weighted by Crippen LogP contribution is -2.06. The number of non-ortho nitro benzene ring substituents is 1. The van der Waals surface area contributed by atoms with E-state index in [9.17, 15) is 14.9 Å². The molecule has 1 saturated carbocycles. The Balaban J connectivity index is 0.00000186. The Labute approximate surface area is 222 Å². The molecule has 3 aromatic carbocycles. The zero-order valence-corrected chi connectivity index (χ0v) is 21.9. The first-order chi connectivity index (χ1) is 17.9. The van der Waals surface area contributed by atoms with Crippen molar-refractivity contribution >= 4 is 23.3 Å². The third kappa shape index (κ3) is 8.22. The molecule has 1 aliphatic rings. The summed E-state index contributed by atoms with van der Waals surface area (Å²) < 4.78 is 12.0. The van der Waals surface area contributed by atoms with Crippen molar-refractivity contribution in [1.82, 2.24) is 0 Å². The summed E-state index contributed by atoms with van der Waals surface area (Å²) in [4.78, 5) is 21.8. The second kappa shape index (κ2) is 13.7. The number of aliphatic carboxylic acids is 1. The van der Waals surface area contributed by atoms with Gasteiger partial charge in [0.25, 0.3) is 5.69 Å². The maximum Gasteiger partial charge on any atom is 0.303 e. The van der Waals surface area contributed by atoms with E-state index in [4.69, 9.17) is 26.2 Å². The van der Waals surface area contributed by atoms with Gasteiger partial charge in [-0.3, -0.25) is 14.9 Å². The van der Waals surface area contributed by atoms with Gasteiger partial charge in [0.2, 0.25) is 0 Å². The number of halogens is 1. The molecule has 0 radical (unpaired) electrons. The number of benzene rings is 3. The van der Waals surface area contributed by atoms with Gasteiger partial charge in [-0.1, -0.05) is 56.8 Å². The van der Waals surface area contributed by atoms with E-state index in [-0.39, 0.29) is 17.9 Å². The Morgan fingerprint density at radius 3 is 2.22 bits per heavy atom. The minimum Gasteiger partial charge on any atom is -0.481 e. The van der Waals surface area contributed by atoms with Crippen LogP contribution in [-0.2, 0) is 11.2 Å². The number of nitro benzene ring substituents is 1. The van der Waals surface area contributed by atoms with Gasteiger partial charge in [0.15, 0.2) is 0 Å². The Morgan fingerprint density at radius 2 is 1.59 bits per heavy atom. The Hall–Kier alpha value is -3.58. The monoisotopic (exact) mass is 525 g/mol. The molecule has 0 bridgehead atoms. The summed E-state index contributed by atoms with van der Waals surface area (Å²) in [5.74, 6) is 1.15. The van der Waals surface area contributed by atoms with Crippen LogP contribution in [0.15, 0.2) is 60.7 Å². The lowest BCUT2D eigenvalue weighted by molar-refractivity contribution is -0.385. The van der Waals surface area contributed by atoms with Crippen molar-refractivity contribution < 1.29 is 24.3 Å². The van der Waals surface area contributed by atoms with Crippen LogP contribution in [0.3, 0.4) is 0 Å². The lowest BCUT2D eigenvalue weighted by atomic mass is 9.84. The Kier molecular flexibility index (Phi) is 10.3. The maximum atomic E-state index is 11.6. The molecule has 0 heterocycles. The predicted octanol–water partition coefficient (Wildman–Crippen LogP) is 8.92. The van der Waals surface area contributed by atoms with E-state index >= 15 is 0 Å². The van der Waals surface area contributed by atoms with Crippen LogP contribution in [-0.4, -0.2) is 16.0 Å². The number of carboxylic acid groups (broad SMARTS) is 1. The molecule has 7 nitrogen and oxygen atoms in total. The lowest BCUT2D eigenvalue weighted by Gasteiger charge is -2.24. The van der Waals surface area contributed by atoms with Gasteiger partial charge in [0.05, 0.1) is 17.1 Å². The van der Waals surface area contributed by atoms with Crippen LogP contribution in [0.1, 0.15) is 69.4 Å². The molecule has 196 valence electrons. The average Bonchev–Trinajstić information content (AvgIpc) is 2.91. The Morgan fingerprint density at radius 1 is 0.946 bits per heavy atom. The molecule has 0 unspecified atom stereocenters. The van der Waals surface area contributed by atoms with Crippen molar-refractivity contribution in [2.45, 2.75) is 64.7 Å². The average molecular weight is 526 g/mol. The minimum atomic E-state index is -0.859. The van der Waals surface area contributed by atoms with Crippen LogP contribution in [0.2, 0.25) is 5.02 Å². The maximum absolute atomic E-state index is 11.6. The molecule has 37 heavy (non-hydrogen) atoms. The van der Waals surface area contributed by atoms with Crippen LogP contribution >= 0.6 is 11.6 Å². The number of hydrogen-bond acceptors (Lipinski definition) is 5. The molecule has 1 fully saturated rings. The van der Waals surface area contributed by atoms with E-state index in [2.05, 4.69) is 0 Å². The molecule has 1 aliphatic carbocycles. The molecule has 0 aromatic heterocycles. The smallest absolute Gasteiger partial charge is 0.303 e. The summed E-state index contributed by atoms with van der Waals surface area (Å²) in [6.07, 6.45) is 6.10. The molecule has 8 heteroatoms. The van der Waals surface area contributed by atoms with Crippen molar-refractivity contribution in [2.24, 2.45) is 0 Å². The highest BCUT2D eigenvalue weighted by molar-refractivity contribution is 6.30. The molecule has 4 rings (SSSR count). The highest BCUT2D eigenvalue weighted by Crippen LogP contribution is 2.41. The molecular weight excluding hydrogens is 494 g/mol. The van der Waals surface area contributed by atoms with E-state index in [1.807, 2.05) is 26.0 Å². The van der Waals surface area contributed by atoms with Gasteiger partial charge in [0.1, 0.15) is 23.0 Å². The highest BCUT2D eigenvalue weighted by Gasteiger charge is 2.21. The second-order valence-electron chi connectivity index (χ2n) is 8.68. The van der Waals surface area contributed by atoms with Gasteiger partial charge < -0.3 is 14.6 Å². The van der Waals surface area contributed by atoms with Crippen LogP contribution in [0.4, 0.5) is 5.69 Å². The summed E-state index contributed by atoms with van der Waals surface area (Å²) in [5, 5.41) is 21.0. The number of hydrogen-bond donors (Lipinski definition) is 1. The van der Waals surface area contributed by atoms with E-state index < -0.39 is 10.9 Å². The van der Waals surface area contributed by atoms with Crippen molar-refractivity contribution in [1.29, 1.82) is 0 Å². The van der Waals surface area contributed by atoms with Crippen molar-refractivity contribution in [3.63, 3.8) is 0 Å². The fourth-order valence-electron chi connectivity index (χ4n) is 4.36. The molecular formula is C29H32ClNO6. The van der Waals surface area contributed by atoms with Crippen LogP contribution < -0.4 is 9.47 Å². The zero-order valence-electron chi connectivity index (χ0n) is 21.1. The van der Waals surface area contributed by atoms with Gasteiger partial charge in [-0.15, -0.1) is 0 Å². The molecule has 1 N–H and O–H groups in total. The minimum absolute atomic E-state index is 0.0410. The molecule has 0 saturated heterocycles. The van der Waals surface area contributed by atoms with Gasteiger partial charge in [-0.2, -0.15) is 0 Å². The van der Waals surface area contributed by atoms with E-state index in [0.717, 1.165) is 36.8 Å². The fraction of sp³-hybridized carbons (Fsp3) is 0.345. The zero-order chi connectivity index (χ0) is 26.8. The summed E-state index contributed by atoms with van der Waals surface area (Å²) in [7, 11) is 0. The number of aryl methyl sites for hydroxylation is 1. The highest BCUT2D eigenvalue weighted by atomic mass is 35.5. The summed E-state index contributed by atoms with van der Waals surface area (Å²) in [6.45, 7) is 4.00. The quantitative estimate of drug-likeness (QED) is 0.221. The van der Waals surface area contributed by atoms with Gasteiger partial charge in [-0.05, 0) is 66.6 Å². The molecule has 0 atom stereocenters. The third-order valence-corrected chi connectivity index (χ3v) is 6.34. The SMILES string of the molecule is CC.O=C(O)CCc1ccc(Oc2cc(Oc3ccc(Cl)cc3C3CCCCC3)cc([N+](=O)[O-])c2)cc1. The molecule has 0 amide bonds. The first-order valence-corrected chi connectivity index (χ1v) is 13.0. The van der Waals surface area contributed by atoms with E-state index in [1.165, 1.54) is 18.6 Å². The fourth-order valence-corrected chi connectivity index (χ4v) is 4.54.